The van der Waals surface area contributed by atoms with E-state index < -0.39 is 0 Å². The molecule has 2 aromatic heterocycles. The summed E-state index contributed by atoms with van der Waals surface area (Å²) in [5, 5.41) is 8.94. The average molecular weight is 817 g/mol. The second-order valence-electron chi connectivity index (χ2n) is 15.8. The highest BCUT2D eigenvalue weighted by molar-refractivity contribution is 6.24. The van der Waals surface area contributed by atoms with Gasteiger partial charge in [-0.2, -0.15) is 0 Å². The lowest BCUT2D eigenvalue weighted by atomic mass is 9.87. The number of benzene rings is 10. The second-order valence-corrected chi connectivity index (χ2v) is 15.8. The van der Waals surface area contributed by atoms with E-state index in [1.54, 1.807) is 0 Å². The van der Waals surface area contributed by atoms with Crippen LogP contribution in [0.15, 0.2) is 218 Å². The van der Waals surface area contributed by atoms with E-state index in [4.69, 9.17) is 29.9 Å². The molecule has 10 aromatic carbocycles. The number of aromatic nitrogens is 6. The molecule has 0 aliphatic heterocycles. The number of hydrogen-bond donors (Lipinski definition) is 0. The largest absolute Gasteiger partial charge is 0.208 e. The molecule has 0 aliphatic carbocycles. The van der Waals surface area contributed by atoms with Crippen LogP contribution in [0.3, 0.4) is 0 Å². The van der Waals surface area contributed by atoms with E-state index in [1.165, 1.54) is 0 Å². The summed E-state index contributed by atoms with van der Waals surface area (Å²) in [6, 6.07) is 75.5. The summed E-state index contributed by atoms with van der Waals surface area (Å²) < 4.78 is 0. The molecule has 0 bridgehead atoms. The van der Waals surface area contributed by atoms with Crippen molar-refractivity contribution in [1.82, 2.24) is 29.9 Å². The highest BCUT2D eigenvalue weighted by Gasteiger charge is 2.21. The molecule has 0 N–H and O–H groups in total. The van der Waals surface area contributed by atoms with Crippen LogP contribution in [0.4, 0.5) is 0 Å². The molecule has 298 valence electrons. The molecule has 12 aromatic rings. The van der Waals surface area contributed by atoms with Gasteiger partial charge in [-0.05, 0) is 72.4 Å². The lowest BCUT2D eigenvalue weighted by Gasteiger charge is -2.18. The molecule has 64 heavy (non-hydrogen) atoms. The van der Waals surface area contributed by atoms with E-state index in [2.05, 4.69) is 97.1 Å². The Labute approximate surface area is 369 Å². The second kappa shape index (κ2) is 15.6. The Kier molecular flexibility index (Phi) is 9.05. The van der Waals surface area contributed by atoms with E-state index in [9.17, 15) is 0 Å². The maximum Gasteiger partial charge on any atom is 0.164 e. The van der Waals surface area contributed by atoms with Crippen molar-refractivity contribution in [2.45, 2.75) is 0 Å². The highest BCUT2D eigenvalue weighted by Crippen LogP contribution is 2.44. The molecule has 2 heterocycles. The molecule has 0 saturated heterocycles. The van der Waals surface area contributed by atoms with Crippen LogP contribution in [0.25, 0.3) is 123 Å². The molecular weight excluding hydrogens is 781 g/mol. The van der Waals surface area contributed by atoms with Crippen LogP contribution in [0, 0.1) is 0 Å². The Balaban J connectivity index is 1.07. The van der Waals surface area contributed by atoms with Gasteiger partial charge in [-0.1, -0.05) is 200 Å². The maximum atomic E-state index is 5.18. The van der Waals surface area contributed by atoms with Gasteiger partial charge in [0, 0.05) is 33.4 Å². The third-order valence-corrected chi connectivity index (χ3v) is 12.0. The van der Waals surface area contributed by atoms with Gasteiger partial charge in [-0.25, -0.2) is 29.9 Å². The molecule has 12 rings (SSSR count). The Morgan fingerprint density at radius 3 is 0.844 bits per heavy atom. The predicted molar refractivity (Wildman–Crippen MR) is 261 cm³/mol. The zero-order valence-corrected chi connectivity index (χ0v) is 34.5. The maximum absolute atomic E-state index is 5.18. The molecule has 0 atom stereocenters. The average Bonchev–Trinajstić information content (AvgIpc) is 3.38. The van der Waals surface area contributed by atoms with Crippen molar-refractivity contribution in [3.05, 3.63) is 218 Å². The van der Waals surface area contributed by atoms with Crippen LogP contribution in [0.5, 0.6) is 0 Å². The Morgan fingerprint density at radius 1 is 0.172 bits per heavy atom. The number of rotatable bonds is 7. The van der Waals surface area contributed by atoms with Gasteiger partial charge in [-0.15, -0.1) is 0 Å². The first-order chi connectivity index (χ1) is 31.7. The smallest absolute Gasteiger partial charge is 0.164 e. The van der Waals surface area contributed by atoms with Crippen molar-refractivity contribution in [3.8, 4) is 79.5 Å². The van der Waals surface area contributed by atoms with Gasteiger partial charge in [0.1, 0.15) is 0 Å². The molecule has 6 nitrogen and oxygen atoms in total. The van der Waals surface area contributed by atoms with Crippen molar-refractivity contribution >= 4 is 43.1 Å². The lowest BCUT2D eigenvalue weighted by molar-refractivity contribution is 1.08. The fourth-order valence-electron chi connectivity index (χ4n) is 8.95. The molecule has 0 aliphatic rings. The van der Waals surface area contributed by atoms with Gasteiger partial charge >= 0.3 is 0 Å². The van der Waals surface area contributed by atoms with Crippen LogP contribution in [0.2, 0.25) is 0 Å². The van der Waals surface area contributed by atoms with Gasteiger partial charge < -0.3 is 0 Å². The first-order valence-corrected chi connectivity index (χ1v) is 21.4. The standard InChI is InChI=1S/C58H36N6/c1-5-19-37(20-6-1)53-59-54(38-21-7-2-8-22-38)62-57(61-53)48-34-33-47(41-27-13-14-28-42(41)48)49-35-50-45-31-17-18-32-46(45)52(36-51(50)44-30-16-15-29-43(44)49)58-63-55(39-23-9-3-10-24-39)60-56(64-58)40-25-11-4-12-26-40/h1-36H. The molecule has 0 saturated carbocycles. The van der Waals surface area contributed by atoms with Gasteiger partial charge in [0.15, 0.2) is 34.9 Å². The van der Waals surface area contributed by atoms with Crippen LogP contribution in [-0.4, -0.2) is 29.9 Å². The minimum Gasteiger partial charge on any atom is -0.208 e. The van der Waals surface area contributed by atoms with Gasteiger partial charge in [0.25, 0.3) is 0 Å². The van der Waals surface area contributed by atoms with Crippen molar-refractivity contribution in [2.24, 2.45) is 0 Å². The summed E-state index contributed by atoms with van der Waals surface area (Å²) in [4.78, 5) is 30.5. The molecule has 0 amide bonds. The van der Waals surface area contributed by atoms with Crippen LogP contribution in [-0.2, 0) is 0 Å². The summed E-state index contributed by atoms with van der Waals surface area (Å²) in [5.41, 5.74) is 7.91. The fourth-order valence-corrected chi connectivity index (χ4v) is 8.95. The minimum absolute atomic E-state index is 0.626. The van der Waals surface area contributed by atoms with E-state index in [0.717, 1.165) is 87.6 Å². The van der Waals surface area contributed by atoms with Crippen LogP contribution < -0.4 is 0 Å². The molecule has 6 heteroatoms. The van der Waals surface area contributed by atoms with Crippen LogP contribution in [0.1, 0.15) is 0 Å². The SMILES string of the molecule is c1ccc(-c2nc(-c3ccccc3)nc(-c3ccc(-c4cc5c6ccccc6c(-c6nc(-c7ccccc7)nc(-c7ccccc7)n6)cc5c5ccccc45)c4ccccc34)n2)cc1. The van der Waals surface area contributed by atoms with Gasteiger partial charge in [0.2, 0.25) is 0 Å². The first kappa shape index (κ1) is 37.1. The molecule has 0 spiro atoms. The monoisotopic (exact) mass is 816 g/mol. The third kappa shape index (κ3) is 6.53. The lowest BCUT2D eigenvalue weighted by Crippen LogP contribution is -2.01. The molecule has 0 fully saturated rings. The van der Waals surface area contributed by atoms with E-state index in [-0.39, 0.29) is 0 Å². The summed E-state index contributed by atoms with van der Waals surface area (Å²) in [6.45, 7) is 0. The minimum atomic E-state index is 0.626. The predicted octanol–water partition coefficient (Wildman–Crippen LogP) is 14.3. The summed E-state index contributed by atoms with van der Waals surface area (Å²) in [5.74, 6) is 3.79. The van der Waals surface area contributed by atoms with Crippen LogP contribution >= 0.6 is 0 Å². The summed E-state index contributed by atoms with van der Waals surface area (Å²) >= 11 is 0. The Bertz CT molecular complexity index is 3590. The van der Waals surface area contributed by atoms with E-state index >= 15 is 0 Å². The zero-order chi connectivity index (χ0) is 42.4. The first-order valence-electron chi connectivity index (χ1n) is 21.4. The fraction of sp³-hybridized carbons (Fsp3) is 0. The number of fused-ring (bicyclic) bond motifs is 6. The molecular formula is C58H36N6. The van der Waals surface area contributed by atoms with Crippen molar-refractivity contribution in [1.29, 1.82) is 0 Å². The number of hydrogen-bond acceptors (Lipinski definition) is 6. The Hall–Kier alpha value is -8.74. The summed E-state index contributed by atoms with van der Waals surface area (Å²) in [6.07, 6.45) is 0. The normalized spacial score (nSPS) is 11.4. The number of nitrogens with zero attached hydrogens (tertiary/aromatic N) is 6. The van der Waals surface area contributed by atoms with E-state index in [0.29, 0.717) is 34.9 Å². The topological polar surface area (TPSA) is 77.3 Å². The van der Waals surface area contributed by atoms with Gasteiger partial charge in [-0.3, -0.25) is 0 Å². The van der Waals surface area contributed by atoms with Crippen molar-refractivity contribution in [3.63, 3.8) is 0 Å². The van der Waals surface area contributed by atoms with Gasteiger partial charge in [0.05, 0.1) is 0 Å². The van der Waals surface area contributed by atoms with E-state index in [1.807, 2.05) is 121 Å². The molecule has 0 radical (unpaired) electrons. The highest BCUT2D eigenvalue weighted by atomic mass is 15.0. The Morgan fingerprint density at radius 2 is 0.438 bits per heavy atom. The zero-order valence-electron chi connectivity index (χ0n) is 34.5. The summed E-state index contributed by atoms with van der Waals surface area (Å²) in [7, 11) is 0. The van der Waals surface area contributed by atoms with Crippen molar-refractivity contribution < 1.29 is 0 Å². The van der Waals surface area contributed by atoms with Crippen molar-refractivity contribution in [2.75, 3.05) is 0 Å². The third-order valence-electron chi connectivity index (χ3n) is 12.0. The molecule has 0 unspecified atom stereocenters. The quantitative estimate of drug-likeness (QED) is 0.149.